The molecule has 0 spiro atoms. The quantitative estimate of drug-likeness (QED) is 0.447. The van der Waals surface area contributed by atoms with Crippen LogP contribution in [-0.4, -0.2) is 11.5 Å². The Bertz CT molecular complexity index is 471. The Morgan fingerprint density at radius 1 is 1.35 bits per heavy atom. The Hall–Kier alpha value is -0.850. The minimum Gasteiger partial charge on any atom is -0.379 e. The van der Waals surface area contributed by atoms with E-state index >= 15 is 0 Å². The SMILES string of the molecule is CC1CCC(CCNc2ccc(I)cc2[N+](=O)[O-])CC1. The molecule has 0 amide bonds. The highest BCUT2D eigenvalue weighted by Gasteiger charge is 2.18. The molecule has 1 N–H and O–H groups in total. The predicted molar refractivity (Wildman–Crippen MR) is 90.0 cm³/mol. The zero-order valence-corrected chi connectivity index (χ0v) is 13.9. The van der Waals surface area contributed by atoms with E-state index < -0.39 is 0 Å². The number of hydrogen-bond donors (Lipinski definition) is 1. The number of rotatable bonds is 5. The predicted octanol–water partition coefficient (Wildman–Crippen LogP) is 4.83. The summed E-state index contributed by atoms with van der Waals surface area (Å²) in [6.07, 6.45) is 6.37. The number of hydrogen-bond acceptors (Lipinski definition) is 3. The molecular formula is C15H21IN2O2. The molecule has 5 heteroatoms. The summed E-state index contributed by atoms with van der Waals surface area (Å²) >= 11 is 2.10. The van der Waals surface area contributed by atoms with Gasteiger partial charge in [0.05, 0.1) is 4.92 Å². The normalized spacial score (nSPS) is 22.5. The molecule has 0 radical (unpaired) electrons. The van der Waals surface area contributed by atoms with Gasteiger partial charge in [-0.2, -0.15) is 0 Å². The summed E-state index contributed by atoms with van der Waals surface area (Å²) in [6.45, 7) is 3.14. The van der Waals surface area contributed by atoms with Crippen LogP contribution in [0.3, 0.4) is 0 Å². The van der Waals surface area contributed by atoms with Crippen molar-refractivity contribution >= 4 is 34.0 Å². The lowest BCUT2D eigenvalue weighted by atomic mass is 9.81. The molecular weight excluding hydrogens is 367 g/mol. The summed E-state index contributed by atoms with van der Waals surface area (Å²) in [4.78, 5) is 10.7. The van der Waals surface area contributed by atoms with Gasteiger partial charge in [0.25, 0.3) is 5.69 Å². The molecule has 0 saturated heterocycles. The average molecular weight is 388 g/mol. The molecule has 4 nitrogen and oxygen atoms in total. The molecule has 0 unspecified atom stereocenters. The summed E-state index contributed by atoms with van der Waals surface area (Å²) in [5.41, 5.74) is 0.814. The van der Waals surface area contributed by atoms with E-state index in [4.69, 9.17) is 0 Å². The van der Waals surface area contributed by atoms with E-state index in [2.05, 4.69) is 34.8 Å². The van der Waals surface area contributed by atoms with Crippen molar-refractivity contribution in [1.82, 2.24) is 0 Å². The standard InChI is InChI=1S/C15H21IN2O2/c1-11-2-4-12(5-3-11)8-9-17-14-7-6-13(16)10-15(14)18(19)20/h6-7,10-12,17H,2-5,8-9H2,1H3. The summed E-state index contributed by atoms with van der Waals surface area (Å²) in [5.74, 6) is 1.65. The Labute approximate surface area is 133 Å². The third-order valence-corrected chi connectivity index (χ3v) is 4.83. The van der Waals surface area contributed by atoms with Gasteiger partial charge in [0.2, 0.25) is 0 Å². The van der Waals surface area contributed by atoms with Crippen LogP contribution in [0.1, 0.15) is 39.0 Å². The minimum absolute atomic E-state index is 0.175. The number of benzene rings is 1. The van der Waals surface area contributed by atoms with E-state index in [1.54, 1.807) is 6.07 Å². The Morgan fingerprint density at radius 3 is 2.70 bits per heavy atom. The van der Waals surface area contributed by atoms with Crippen LogP contribution in [0, 0.1) is 25.5 Å². The van der Waals surface area contributed by atoms with E-state index in [0.717, 1.165) is 28.4 Å². The lowest BCUT2D eigenvalue weighted by molar-refractivity contribution is -0.384. The number of halogens is 1. The molecule has 1 aliphatic carbocycles. The molecule has 20 heavy (non-hydrogen) atoms. The first kappa shape index (κ1) is 15.5. The van der Waals surface area contributed by atoms with Gasteiger partial charge in [0, 0.05) is 16.2 Å². The van der Waals surface area contributed by atoms with Gasteiger partial charge in [-0.1, -0.05) is 32.6 Å². The molecule has 1 fully saturated rings. The summed E-state index contributed by atoms with van der Waals surface area (Å²) in [7, 11) is 0. The zero-order chi connectivity index (χ0) is 14.5. The molecule has 0 aromatic heterocycles. The van der Waals surface area contributed by atoms with Crippen LogP contribution >= 0.6 is 22.6 Å². The van der Waals surface area contributed by atoms with Crippen molar-refractivity contribution in [2.75, 3.05) is 11.9 Å². The Kier molecular flexibility index (Phi) is 5.63. The van der Waals surface area contributed by atoms with Crippen LogP contribution in [0.5, 0.6) is 0 Å². The van der Waals surface area contributed by atoms with Crippen LogP contribution in [0.15, 0.2) is 18.2 Å². The lowest BCUT2D eigenvalue weighted by Gasteiger charge is -2.26. The largest absolute Gasteiger partial charge is 0.379 e. The number of nitrogens with zero attached hydrogens (tertiary/aromatic N) is 1. The third-order valence-electron chi connectivity index (χ3n) is 4.16. The molecule has 1 aromatic rings. The maximum Gasteiger partial charge on any atom is 0.293 e. The van der Waals surface area contributed by atoms with Crippen molar-refractivity contribution in [2.24, 2.45) is 11.8 Å². The van der Waals surface area contributed by atoms with Gasteiger partial charge in [-0.15, -0.1) is 0 Å². The maximum atomic E-state index is 11.0. The maximum absolute atomic E-state index is 11.0. The monoisotopic (exact) mass is 388 g/mol. The third kappa shape index (κ3) is 4.33. The van der Waals surface area contributed by atoms with Crippen LogP contribution in [0.25, 0.3) is 0 Å². The van der Waals surface area contributed by atoms with Gasteiger partial charge in [-0.05, 0) is 53.0 Å². The van der Waals surface area contributed by atoms with E-state index in [-0.39, 0.29) is 10.6 Å². The average Bonchev–Trinajstić information content (AvgIpc) is 2.42. The Balaban J connectivity index is 1.86. The summed E-state index contributed by atoms with van der Waals surface area (Å²) in [5, 5.41) is 14.3. The molecule has 1 saturated carbocycles. The number of nitro benzene ring substituents is 1. The lowest BCUT2D eigenvalue weighted by Crippen LogP contribution is -2.16. The van der Waals surface area contributed by atoms with E-state index in [1.165, 1.54) is 25.7 Å². The molecule has 110 valence electrons. The van der Waals surface area contributed by atoms with Gasteiger partial charge in [-0.3, -0.25) is 10.1 Å². The second-order valence-electron chi connectivity index (χ2n) is 5.76. The van der Waals surface area contributed by atoms with E-state index in [9.17, 15) is 10.1 Å². The first-order valence-corrected chi connectivity index (χ1v) is 8.32. The first-order valence-electron chi connectivity index (χ1n) is 7.24. The molecule has 2 rings (SSSR count). The van der Waals surface area contributed by atoms with Crippen molar-refractivity contribution in [2.45, 2.75) is 39.0 Å². The first-order chi connectivity index (χ1) is 9.56. The highest BCUT2D eigenvalue weighted by atomic mass is 127. The highest BCUT2D eigenvalue weighted by molar-refractivity contribution is 14.1. The zero-order valence-electron chi connectivity index (χ0n) is 11.8. The van der Waals surface area contributed by atoms with Crippen molar-refractivity contribution in [3.63, 3.8) is 0 Å². The summed E-state index contributed by atoms with van der Waals surface area (Å²) < 4.78 is 0.890. The fraction of sp³-hybridized carbons (Fsp3) is 0.600. The van der Waals surface area contributed by atoms with Crippen LogP contribution in [0.2, 0.25) is 0 Å². The van der Waals surface area contributed by atoms with Crippen LogP contribution < -0.4 is 5.32 Å². The fourth-order valence-electron chi connectivity index (χ4n) is 2.83. The van der Waals surface area contributed by atoms with Crippen molar-refractivity contribution in [3.05, 3.63) is 31.9 Å². The molecule has 0 heterocycles. The van der Waals surface area contributed by atoms with Gasteiger partial charge >= 0.3 is 0 Å². The molecule has 0 atom stereocenters. The van der Waals surface area contributed by atoms with Gasteiger partial charge in [0.1, 0.15) is 5.69 Å². The molecule has 1 aliphatic rings. The van der Waals surface area contributed by atoms with Gasteiger partial charge in [0.15, 0.2) is 0 Å². The van der Waals surface area contributed by atoms with E-state index in [0.29, 0.717) is 5.69 Å². The molecule has 0 aliphatic heterocycles. The highest BCUT2D eigenvalue weighted by Crippen LogP contribution is 2.31. The molecule has 0 bridgehead atoms. The summed E-state index contributed by atoms with van der Waals surface area (Å²) in [6, 6.07) is 5.33. The number of nitrogens with one attached hydrogen (secondary N) is 1. The van der Waals surface area contributed by atoms with Crippen molar-refractivity contribution in [1.29, 1.82) is 0 Å². The minimum atomic E-state index is -0.313. The van der Waals surface area contributed by atoms with Gasteiger partial charge < -0.3 is 5.32 Å². The smallest absolute Gasteiger partial charge is 0.293 e. The van der Waals surface area contributed by atoms with Crippen molar-refractivity contribution < 1.29 is 4.92 Å². The Morgan fingerprint density at radius 2 is 2.05 bits per heavy atom. The van der Waals surface area contributed by atoms with E-state index in [1.807, 2.05) is 12.1 Å². The van der Waals surface area contributed by atoms with Crippen LogP contribution in [-0.2, 0) is 0 Å². The van der Waals surface area contributed by atoms with Crippen LogP contribution in [0.4, 0.5) is 11.4 Å². The van der Waals surface area contributed by atoms with Gasteiger partial charge in [-0.25, -0.2) is 0 Å². The topological polar surface area (TPSA) is 55.2 Å². The second kappa shape index (κ2) is 7.24. The fourth-order valence-corrected chi connectivity index (χ4v) is 3.31. The number of nitro groups is 1. The molecule has 1 aromatic carbocycles. The second-order valence-corrected chi connectivity index (χ2v) is 7.01. The van der Waals surface area contributed by atoms with Crippen molar-refractivity contribution in [3.8, 4) is 0 Å². The number of anilines is 1.